The normalized spacial score (nSPS) is 12.3. The average molecular weight is 491 g/mol. The predicted octanol–water partition coefficient (Wildman–Crippen LogP) is 6.17. The van der Waals surface area contributed by atoms with Crippen LogP contribution in [0.15, 0.2) is 12.7 Å². The van der Waals surface area contributed by atoms with Crippen LogP contribution >= 0.6 is 0 Å². The van der Waals surface area contributed by atoms with Crippen LogP contribution in [0.3, 0.4) is 0 Å². The van der Waals surface area contributed by atoms with Gasteiger partial charge < -0.3 is 9.47 Å². The quantitative estimate of drug-likeness (QED) is 0.0790. The molecule has 1 unspecified atom stereocenters. The molecule has 0 aromatic heterocycles. The van der Waals surface area contributed by atoms with Crippen molar-refractivity contribution < 1.29 is 32.0 Å². The van der Waals surface area contributed by atoms with Crippen LogP contribution in [0.25, 0.3) is 0 Å². The Labute approximate surface area is 201 Å². The summed E-state index contributed by atoms with van der Waals surface area (Å²) in [7, 11) is -4.76. The van der Waals surface area contributed by atoms with Gasteiger partial charge in [-0.1, -0.05) is 116 Å². The van der Waals surface area contributed by atoms with Gasteiger partial charge >= 0.3 is 11.9 Å². The zero-order chi connectivity index (χ0) is 24.8. The highest BCUT2D eigenvalue weighted by atomic mass is 32.2. The number of hydrogen-bond donors (Lipinski definition) is 1. The molecule has 0 aromatic rings. The van der Waals surface area contributed by atoms with Crippen LogP contribution in [0.4, 0.5) is 0 Å². The summed E-state index contributed by atoms with van der Waals surface area (Å²) in [5, 5.41) is -1.98. The number of hydrogen-bond acceptors (Lipinski definition) is 6. The van der Waals surface area contributed by atoms with E-state index in [9.17, 15) is 18.0 Å². The van der Waals surface area contributed by atoms with Crippen LogP contribution in [0.5, 0.6) is 0 Å². The molecule has 1 N–H and O–H groups in total. The summed E-state index contributed by atoms with van der Waals surface area (Å²) in [6.07, 6.45) is 20.4. The molecule has 0 saturated carbocycles. The molecule has 0 spiro atoms. The van der Waals surface area contributed by atoms with Gasteiger partial charge in [-0.3, -0.25) is 14.1 Å². The number of esters is 2. The minimum absolute atomic E-state index is 0.164. The minimum Gasteiger partial charge on any atom is -0.466 e. The molecule has 8 heteroatoms. The van der Waals surface area contributed by atoms with Crippen LogP contribution in [0.2, 0.25) is 0 Å². The standard InChI is InChI=1S/C25H46O7S/c1-3-5-6-7-8-9-10-11-12-13-14-15-16-17-18-19-21-31-24(26)22-23(33(28,29)30)25(27)32-20-4-2/h4,23H,2-3,5-22H2,1H3,(H,28,29,30). The van der Waals surface area contributed by atoms with E-state index in [4.69, 9.17) is 9.29 Å². The molecule has 0 heterocycles. The van der Waals surface area contributed by atoms with Crippen molar-refractivity contribution in [2.45, 2.75) is 121 Å². The Morgan fingerprint density at radius 1 is 0.788 bits per heavy atom. The number of rotatable bonds is 23. The Bertz CT molecular complexity index is 616. The van der Waals surface area contributed by atoms with Crippen molar-refractivity contribution in [3.63, 3.8) is 0 Å². The van der Waals surface area contributed by atoms with Crippen LogP contribution in [0.1, 0.15) is 116 Å². The van der Waals surface area contributed by atoms with Gasteiger partial charge in [-0.2, -0.15) is 8.42 Å². The van der Waals surface area contributed by atoms with E-state index in [-0.39, 0.29) is 13.2 Å². The van der Waals surface area contributed by atoms with Crippen molar-refractivity contribution in [2.24, 2.45) is 0 Å². The van der Waals surface area contributed by atoms with Gasteiger partial charge in [0, 0.05) is 0 Å². The maximum atomic E-state index is 11.8. The van der Waals surface area contributed by atoms with E-state index < -0.39 is 33.7 Å². The monoisotopic (exact) mass is 490 g/mol. The van der Waals surface area contributed by atoms with Gasteiger partial charge in [-0.25, -0.2) is 0 Å². The number of ether oxygens (including phenoxy) is 2. The first kappa shape index (κ1) is 31.6. The molecule has 0 rings (SSSR count). The van der Waals surface area contributed by atoms with E-state index in [0.29, 0.717) is 6.42 Å². The molecule has 1 atom stereocenters. The largest absolute Gasteiger partial charge is 0.466 e. The molecule has 0 bridgehead atoms. The van der Waals surface area contributed by atoms with Crippen LogP contribution in [-0.4, -0.2) is 43.4 Å². The fraction of sp³-hybridized carbons (Fsp3) is 0.840. The lowest BCUT2D eigenvalue weighted by atomic mass is 10.0. The lowest BCUT2D eigenvalue weighted by molar-refractivity contribution is -0.149. The second-order valence-electron chi connectivity index (χ2n) is 8.65. The molecule has 0 aromatic carbocycles. The summed E-state index contributed by atoms with van der Waals surface area (Å²) in [5.74, 6) is -2.05. The van der Waals surface area contributed by atoms with Gasteiger partial charge in [0.05, 0.1) is 13.0 Å². The Balaban J connectivity index is 3.62. The molecule has 0 fully saturated rings. The lowest BCUT2D eigenvalue weighted by Crippen LogP contribution is -2.34. The summed E-state index contributed by atoms with van der Waals surface area (Å²) >= 11 is 0. The SMILES string of the molecule is C=CCOC(=O)C(CC(=O)OCCCCCCCCCCCCCCCCCC)S(=O)(=O)O. The first-order valence-corrected chi connectivity index (χ1v) is 14.2. The molecule has 33 heavy (non-hydrogen) atoms. The van der Waals surface area contributed by atoms with Crippen LogP contribution < -0.4 is 0 Å². The van der Waals surface area contributed by atoms with Crippen molar-refractivity contribution in [3.05, 3.63) is 12.7 Å². The second-order valence-corrected chi connectivity index (χ2v) is 10.2. The average Bonchev–Trinajstić information content (AvgIpc) is 2.77. The van der Waals surface area contributed by atoms with Gasteiger partial charge in [0.1, 0.15) is 6.61 Å². The zero-order valence-electron chi connectivity index (χ0n) is 20.6. The first-order chi connectivity index (χ1) is 15.8. The molecule has 0 saturated heterocycles. The predicted molar refractivity (Wildman–Crippen MR) is 132 cm³/mol. The summed E-state index contributed by atoms with van der Waals surface area (Å²) in [4.78, 5) is 23.5. The Hall–Kier alpha value is -1.41. The summed E-state index contributed by atoms with van der Waals surface area (Å²) in [6.45, 7) is 5.55. The van der Waals surface area contributed by atoms with Gasteiger partial charge in [0.25, 0.3) is 10.1 Å². The summed E-state index contributed by atoms with van der Waals surface area (Å²) in [5.41, 5.74) is 0. The van der Waals surface area contributed by atoms with E-state index in [1.807, 2.05) is 0 Å². The van der Waals surface area contributed by atoms with Gasteiger partial charge in [0.15, 0.2) is 5.25 Å². The van der Waals surface area contributed by atoms with E-state index in [1.165, 1.54) is 83.1 Å². The number of carbonyl (C=O) groups excluding carboxylic acids is 2. The first-order valence-electron chi connectivity index (χ1n) is 12.7. The van der Waals surface area contributed by atoms with E-state index in [2.05, 4.69) is 18.2 Å². The van der Waals surface area contributed by atoms with E-state index in [1.54, 1.807) is 0 Å². The van der Waals surface area contributed by atoms with E-state index >= 15 is 0 Å². The third-order valence-electron chi connectivity index (χ3n) is 5.58. The van der Waals surface area contributed by atoms with Gasteiger partial charge in [-0.05, 0) is 6.42 Å². The fourth-order valence-electron chi connectivity index (χ4n) is 3.59. The molecule has 0 aliphatic rings. The maximum absolute atomic E-state index is 11.8. The van der Waals surface area contributed by atoms with Crippen molar-refractivity contribution in [1.29, 1.82) is 0 Å². The van der Waals surface area contributed by atoms with Gasteiger partial charge in [-0.15, -0.1) is 0 Å². The molecule has 0 aliphatic carbocycles. The number of carbonyl (C=O) groups is 2. The zero-order valence-corrected chi connectivity index (χ0v) is 21.4. The molecule has 0 radical (unpaired) electrons. The van der Waals surface area contributed by atoms with Crippen LogP contribution in [0, 0.1) is 0 Å². The van der Waals surface area contributed by atoms with Crippen LogP contribution in [-0.2, 0) is 29.2 Å². The lowest BCUT2D eigenvalue weighted by Gasteiger charge is -2.12. The summed E-state index contributed by atoms with van der Waals surface area (Å²) < 4.78 is 41.4. The third kappa shape index (κ3) is 19.7. The van der Waals surface area contributed by atoms with E-state index in [0.717, 1.165) is 19.3 Å². The maximum Gasteiger partial charge on any atom is 0.327 e. The Morgan fingerprint density at radius 3 is 1.61 bits per heavy atom. The molecule has 0 aliphatic heterocycles. The van der Waals surface area contributed by atoms with Crippen molar-refractivity contribution in [1.82, 2.24) is 0 Å². The van der Waals surface area contributed by atoms with Gasteiger partial charge in [0.2, 0.25) is 0 Å². The van der Waals surface area contributed by atoms with Crippen molar-refractivity contribution in [2.75, 3.05) is 13.2 Å². The summed E-state index contributed by atoms with van der Waals surface area (Å²) in [6, 6.07) is 0. The second kappa shape index (κ2) is 21.1. The Morgan fingerprint density at radius 2 is 1.21 bits per heavy atom. The fourth-order valence-corrected chi connectivity index (χ4v) is 4.25. The smallest absolute Gasteiger partial charge is 0.327 e. The Kier molecular flexibility index (Phi) is 20.2. The highest BCUT2D eigenvalue weighted by molar-refractivity contribution is 7.87. The van der Waals surface area contributed by atoms with Crippen molar-refractivity contribution in [3.8, 4) is 0 Å². The number of unbranched alkanes of at least 4 members (excludes halogenated alkanes) is 15. The highest BCUT2D eigenvalue weighted by Gasteiger charge is 2.35. The third-order valence-corrected chi connectivity index (χ3v) is 6.66. The molecular weight excluding hydrogens is 444 g/mol. The molecule has 194 valence electrons. The molecule has 7 nitrogen and oxygen atoms in total. The highest BCUT2D eigenvalue weighted by Crippen LogP contribution is 2.14. The van der Waals surface area contributed by atoms with Crippen molar-refractivity contribution >= 4 is 22.1 Å². The molecule has 0 amide bonds. The molecular formula is C25H46O7S. The topological polar surface area (TPSA) is 107 Å². The minimum atomic E-state index is -4.76.